The zero-order chi connectivity index (χ0) is 12.9. The lowest BCUT2D eigenvalue weighted by Gasteiger charge is -2.11. The van der Waals surface area contributed by atoms with Crippen LogP contribution >= 0.6 is 0 Å². The predicted octanol–water partition coefficient (Wildman–Crippen LogP) is 1.35. The normalized spacial score (nSPS) is 13.4. The summed E-state index contributed by atoms with van der Waals surface area (Å²) < 4.78 is 28.9. The molecule has 2 N–H and O–H groups in total. The van der Waals surface area contributed by atoms with Gasteiger partial charge < -0.3 is 10.5 Å². The Morgan fingerprint density at radius 2 is 2.00 bits per heavy atom. The van der Waals surface area contributed by atoms with Crippen molar-refractivity contribution in [3.05, 3.63) is 29.8 Å². The summed E-state index contributed by atoms with van der Waals surface area (Å²) in [5.74, 6) is 0.591. The van der Waals surface area contributed by atoms with Crippen LogP contribution in [0.3, 0.4) is 0 Å². The molecule has 1 rings (SSSR count). The second kappa shape index (κ2) is 6.02. The molecule has 1 aromatic rings. The van der Waals surface area contributed by atoms with Gasteiger partial charge in [0.25, 0.3) is 0 Å². The molecule has 1 aromatic carbocycles. The van der Waals surface area contributed by atoms with E-state index in [0.29, 0.717) is 17.7 Å². The Morgan fingerprint density at radius 3 is 2.59 bits per heavy atom. The van der Waals surface area contributed by atoms with Gasteiger partial charge in [-0.25, -0.2) is 8.42 Å². The lowest BCUT2D eigenvalue weighted by molar-refractivity contribution is 0.411. The number of ether oxygens (including phenoxy) is 1. The number of hydrogen-bond donors (Lipinski definition) is 1. The molecule has 0 radical (unpaired) electrons. The van der Waals surface area contributed by atoms with Gasteiger partial charge in [0.2, 0.25) is 0 Å². The first kappa shape index (κ1) is 14.0. The lowest BCUT2D eigenvalue weighted by Crippen LogP contribution is -2.29. The van der Waals surface area contributed by atoms with Gasteiger partial charge in [-0.3, -0.25) is 0 Å². The fourth-order valence-electron chi connectivity index (χ4n) is 1.56. The summed E-state index contributed by atoms with van der Waals surface area (Å²) >= 11 is 0. The molecule has 5 heteroatoms. The number of nitrogens with two attached hydrogens (primary N) is 1. The fraction of sp³-hybridized carbons (Fsp3) is 0.500. The lowest BCUT2D eigenvalue weighted by atomic mass is 10.2. The van der Waals surface area contributed by atoms with Gasteiger partial charge in [0.05, 0.1) is 18.6 Å². The summed E-state index contributed by atoms with van der Waals surface area (Å²) in [4.78, 5) is 0. The maximum atomic E-state index is 11.9. The number of hydrogen-bond acceptors (Lipinski definition) is 4. The van der Waals surface area contributed by atoms with E-state index in [4.69, 9.17) is 10.5 Å². The van der Waals surface area contributed by atoms with E-state index in [1.807, 2.05) is 13.0 Å². The van der Waals surface area contributed by atoms with E-state index in [1.165, 1.54) is 7.11 Å². The maximum Gasteiger partial charge on any atom is 0.156 e. The maximum absolute atomic E-state index is 11.9. The minimum atomic E-state index is -3.18. The molecule has 0 spiro atoms. The zero-order valence-electron chi connectivity index (χ0n) is 10.2. The Morgan fingerprint density at radius 1 is 1.35 bits per heavy atom. The number of rotatable bonds is 6. The van der Waals surface area contributed by atoms with Gasteiger partial charge in [0, 0.05) is 11.6 Å². The van der Waals surface area contributed by atoms with E-state index in [1.54, 1.807) is 18.2 Å². The van der Waals surface area contributed by atoms with Crippen LogP contribution in [0.25, 0.3) is 0 Å². The fourth-order valence-corrected chi connectivity index (χ4v) is 3.28. The van der Waals surface area contributed by atoms with Crippen molar-refractivity contribution in [2.75, 3.05) is 12.9 Å². The molecule has 0 saturated heterocycles. The quantitative estimate of drug-likeness (QED) is 0.835. The summed E-state index contributed by atoms with van der Waals surface area (Å²) in [7, 11) is -1.65. The van der Waals surface area contributed by atoms with Crippen LogP contribution in [0.2, 0.25) is 0 Å². The van der Waals surface area contributed by atoms with Gasteiger partial charge in [0.1, 0.15) is 5.75 Å². The molecular weight excluding hydrogens is 238 g/mol. The molecule has 0 aliphatic heterocycles. The first-order chi connectivity index (χ1) is 7.98. The number of methoxy groups -OCH3 is 1. The minimum Gasteiger partial charge on any atom is -0.496 e. The molecule has 0 bridgehead atoms. The van der Waals surface area contributed by atoms with E-state index in [9.17, 15) is 8.42 Å². The van der Waals surface area contributed by atoms with Crippen LogP contribution in [0.15, 0.2) is 24.3 Å². The summed E-state index contributed by atoms with van der Waals surface area (Å²) in [5.41, 5.74) is 6.35. The number of benzene rings is 1. The Labute approximate surface area is 103 Å². The Bertz CT molecular complexity index is 457. The molecule has 4 nitrogen and oxygen atoms in total. The third-order valence-electron chi connectivity index (χ3n) is 2.56. The summed E-state index contributed by atoms with van der Waals surface area (Å²) in [5, 5.41) is 0. The zero-order valence-corrected chi connectivity index (χ0v) is 11.0. The first-order valence-electron chi connectivity index (χ1n) is 5.56. The standard InChI is InChI=1S/C12H19NO3S/c1-3-11(13)9-17(14,15)8-10-6-4-5-7-12(10)16-2/h4-7,11H,3,8-9,13H2,1-2H3. The molecule has 0 aliphatic rings. The van der Waals surface area contributed by atoms with Crippen molar-refractivity contribution in [3.63, 3.8) is 0 Å². The Kier molecular flexibility index (Phi) is 4.96. The summed E-state index contributed by atoms with van der Waals surface area (Å²) in [6.07, 6.45) is 0.658. The minimum absolute atomic E-state index is 0.0154. The molecule has 0 fully saturated rings. The van der Waals surface area contributed by atoms with Gasteiger partial charge in [-0.2, -0.15) is 0 Å². The monoisotopic (exact) mass is 257 g/mol. The third kappa shape index (κ3) is 4.36. The van der Waals surface area contributed by atoms with Gasteiger partial charge in [0.15, 0.2) is 9.84 Å². The largest absolute Gasteiger partial charge is 0.496 e. The second-order valence-corrected chi connectivity index (χ2v) is 6.14. The molecular formula is C12H19NO3S. The average Bonchev–Trinajstić information content (AvgIpc) is 2.28. The van der Waals surface area contributed by atoms with Crippen LogP contribution in [-0.4, -0.2) is 27.3 Å². The topological polar surface area (TPSA) is 69.4 Å². The highest BCUT2D eigenvalue weighted by molar-refractivity contribution is 7.90. The first-order valence-corrected chi connectivity index (χ1v) is 7.38. The smallest absolute Gasteiger partial charge is 0.156 e. The van der Waals surface area contributed by atoms with Crippen LogP contribution in [0, 0.1) is 0 Å². The van der Waals surface area contributed by atoms with E-state index < -0.39 is 9.84 Å². The molecule has 1 atom stereocenters. The van der Waals surface area contributed by atoms with Crippen molar-refractivity contribution in [2.24, 2.45) is 5.73 Å². The molecule has 96 valence electrons. The average molecular weight is 257 g/mol. The number of sulfone groups is 1. The SMILES string of the molecule is CCC(N)CS(=O)(=O)Cc1ccccc1OC. The van der Waals surface area contributed by atoms with Crippen molar-refractivity contribution in [3.8, 4) is 5.75 Å². The van der Waals surface area contributed by atoms with Gasteiger partial charge >= 0.3 is 0 Å². The summed E-state index contributed by atoms with van der Waals surface area (Å²) in [6.45, 7) is 1.88. The molecule has 1 unspecified atom stereocenters. The molecule has 0 amide bonds. The molecule has 0 aromatic heterocycles. The van der Waals surface area contributed by atoms with Crippen LogP contribution in [0.1, 0.15) is 18.9 Å². The Hall–Kier alpha value is -1.07. The van der Waals surface area contributed by atoms with E-state index in [2.05, 4.69) is 0 Å². The highest BCUT2D eigenvalue weighted by Crippen LogP contribution is 2.20. The highest BCUT2D eigenvalue weighted by Gasteiger charge is 2.17. The molecule has 0 heterocycles. The van der Waals surface area contributed by atoms with Crippen molar-refractivity contribution in [2.45, 2.75) is 25.1 Å². The van der Waals surface area contributed by atoms with Gasteiger partial charge in [-0.05, 0) is 12.5 Å². The van der Waals surface area contributed by atoms with E-state index in [-0.39, 0.29) is 17.5 Å². The summed E-state index contributed by atoms with van der Waals surface area (Å²) in [6, 6.07) is 6.83. The molecule has 17 heavy (non-hydrogen) atoms. The van der Waals surface area contributed by atoms with Crippen LogP contribution in [0.4, 0.5) is 0 Å². The van der Waals surface area contributed by atoms with Crippen LogP contribution < -0.4 is 10.5 Å². The highest BCUT2D eigenvalue weighted by atomic mass is 32.2. The van der Waals surface area contributed by atoms with Crippen molar-refractivity contribution < 1.29 is 13.2 Å². The van der Waals surface area contributed by atoms with Crippen molar-refractivity contribution >= 4 is 9.84 Å². The van der Waals surface area contributed by atoms with Gasteiger partial charge in [-0.1, -0.05) is 25.1 Å². The van der Waals surface area contributed by atoms with E-state index >= 15 is 0 Å². The number of para-hydroxylation sites is 1. The van der Waals surface area contributed by atoms with Crippen molar-refractivity contribution in [1.29, 1.82) is 0 Å². The van der Waals surface area contributed by atoms with E-state index in [0.717, 1.165) is 0 Å². The van der Waals surface area contributed by atoms with Crippen LogP contribution in [0.5, 0.6) is 5.75 Å². The predicted molar refractivity (Wildman–Crippen MR) is 68.8 cm³/mol. The van der Waals surface area contributed by atoms with Crippen LogP contribution in [-0.2, 0) is 15.6 Å². The van der Waals surface area contributed by atoms with Crippen molar-refractivity contribution in [1.82, 2.24) is 0 Å². The third-order valence-corrected chi connectivity index (χ3v) is 4.25. The van der Waals surface area contributed by atoms with Gasteiger partial charge in [-0.15, -0.1) is 0 Å². The molecule has 0 aliphatic carbocycles. The second-order valence-electron chi connectivity index (χ2n) is 4.03. The Balaban J connectivity index is 2.83. The molecule has 0 saturated carbocycles.